The van der Waals surface area contributed by atoms with Crippen LogP contribution in [0.25, 0.3) is 0 Å². The fourth-order valence-electron chi connectivity index (χ4n) is 2.26. The first-order chi connectivity index (χ1) is 9.92. The first-order valence-electron chi connectivity index (χ1n) is 7.10. The normalized spacial score (nSPS) is 12.7. The summed E-state index contributed by atoms with van der Waals surface area (Å²) < 4.78 is 0. The average molecular weight is 295 g/mol. The molecule has 0 atom stereocenters. The van der Waals surface area contributed by atoms with E-state index in [1.54, 1.807) is 13.8 Å². The quantitative estimate of drug-likeness (QED) is 0.510. The molecule has 1 N–H and O–H groups in total. The SMILES string of the molecule is [B][P+](C/C=C/C(C)(C)O)(c1ccccc1)c1ccccc1. The maximum absolute atomic E-state index is 9.84. The predicted octanol–water partition coefficient (Wildman–Crippen LogP) is 3.07. The molecule has 0 bridgehead atoms. The third-order valence-electron chi connectivity index (χ3n) is 3.35. The highest BCUT2D eigenvalue weighted by Gasteiger charge is 2.35. The summed E-state index contributed by atoms with van der Waals surface area (Å²) in [4.78, 5) is 0. The maximum Gasteiger partial charge on any atom is 0.377 e. The van der Waals surface area contributed by atoms with Crippen molar-refractivity contribution in [3.05, 3.63) is 72.8 Å². The first kappa shape index (κ1) is 16.0. The van der Waals surface area contributed by atoms with Crippen LogP contribution in [0, 0.1) is 0 Å². The summed E-state index contributed by atoms with van der Waals surface area (Å²) in [7, 11) is 4.89. The van der Waals surface area contributed by atoms with E-state index in [1.165, 1.54) is 10.6 Å². The van der Waals surface area contributed by atoms with Gasteiger partial charge in [0.2, 0.25) is 0 Å². The fraction of sp³-hybridized carbons (Fsp3) is 0.222. The van der Waals surface area contributed by atoms with Crippen molar-refractivity contribution >= 4 is 25.3 Å². The lowest BCUT2D eigenvalue weighted by Gasteiger charge is -2.23. The zero-order chi connectivity index (χ0) is 15.3. The standard InChI is InChI=1S/C18H21BOP/c1-18(2,20)14-9-15-21(19,16-10-5-3-6-11-16)17-12-7-4-8-13-17/h3-14,20H,15H2,1-2H3/q+1/b14-9+. The van der Waals surface area contributed by atoms with E-state index in [4.69, 9.17) is 7.57 Å². The van der Waals surface area contributed by atoms with Crippen LogP contribution in [0.1, 0.15) is 13.8 Å². The molecule has 3 heteroatoms. The van der Waals surface area contributed by atoms with Gasteiger partial charge in [-0.15, -0.1) is 0 Å². The third kappa shape index (κ3) is 4.30. The van der Waals surface area contributed by atoms with Gasteiger partial charge in [0.05, 0.1) is 22.4 Å². The predicted molar refractivity (Wildman–Crippen MR) is 95.1 cm³/mol. The molecule has 0 aliphatic heterocycles. The molecule has 21 heavy (non-hydrogen) atoms. The number of aliphatic hydroxyl groups is 1. The van der Waals surface area contributed by atoms with Crippen molar-refractivity contribution in [2.75, 3.05) is 6.16 Å². The minimum Gasteiger partial charge on any atom is -0.386 e. The van der Waals surface area contributed by atoms with E-state index in [0.29, 0.717) is 0 Å². The molecule has 0 amide bonds. The van der Waals surface area contributed by atoms with Gasteiger partial charge in [-0.3, -0.25) is 0 Å². The molecule has 0 aromatic heterocycles. The molecule has 2 aromatic carbocycles. The molecular weight excluding hydrogens is 274 g/mol. The Morgan fingerprint density at radius 1 is 0.952 bits per heavy atom. The van der Waals surface area contributed by atoms with Gasteiger partial charge < -0.3 is 5.11 Å². The van der Waals surface area contributed by atoms with E-state index in [0.717, 1.165) is 6.16 Å². The Hall–Kier alpha value is -1.37. The molecule has 1 nitrogen and oxygen atoms in total. The van der Waals surface area contributed by atoms with Gasteiger partial charge in [0, 0.05) is 7.14 Å². The third-order valence-corrected chi connectivity index (χ3v) is 6.58. The second kappa shape index (κ2) is 6.60. The number of hydrogen-bond donors (Lipinski definition) is 1. The minimum atomic E-state index is -1.96. The molecule has 0 aliphatic carbocycles. The smallest absolute Gasteiger partial charge is 0.377 e. The van der Waals surface area contributed by atoms with E-state index in [1.807, 2.05) is 48.6 Å². The van der Waals surface area contributed by atoms with E-state index in [-0.39, 0.29) is 0 Å². The highest BCUT2D eigenvalue weighted by atomic mass is 31.2. The maximum atomic E-state index is 9.84. The van der Waals surface area contributed by atoms with Crippen molar-refractivity contribution in [1.29, 1.82) is 0 Å². The van der Waals surface area contributed by atoms with Crippen LogP contribution in [0.4, 0.5) is 0 Å². The molecular formula is C18H21BOP+. The van der Waals surface area contributed by atoms with Crippen LogP contribution >= 0.6 is 7.14 Å². The van der Waals surface area contributed by atoms with Crippen LogP contribution in [0.15, 0.2) is 72.8 Å². The number of benzene rings is 2. The Morgan fingerprint density at radius 2 is 1.38 bits per heavy atom. The van der Waals surface area contributed by atoms with Crippen LogP contribution in [-0.4, -0.2) is 24.4 Å². The molecule has 2 radical (unpaired) electrons. The Morgan fingerprint density at radius 3 is 1.76 bits per heavy atom. The molecule has 0 saturated heterocycles. The van der Waals surface area contributed by atoms with Gasteiger partial charge in [-0.2, -0.15) is 0 Å². The zero-order valence-electron chi connectivity index (χ0n) is 12.6. The van der Waals surface area contributed by atoms with Gasteiger partial charge in [0.25, 0.3) is 0 Å². The Labute approximate surface area is 129 Å². The molecule has 0 spiro atoms. The summed E-state index contributed by atoms with van der Waals surface area (Å²) in [6.07, 6.45) is 4.57. The van der Waals surface area contributed by atoms with Crippen LogP contribution in [0.5, 0.6) is 0 Å². The van der Waals surface area contributed by atoms with Crippen molar-refractivity contribution in [3.63, 3.8) is 0 Å². The monoisotopic (exact) mass is 295 g/mol. The van der Waals surface area contributed by atoms with E-state index in [9.17, 15) is 5.11 Å². The first-order valence-corrected chi connectivity index (χ1v) is 9.14. The number of hydrogen-bond acceptors (Lipinski definition) is 1. The van der Waals surface area contributed by atoms with Gasteiger partial charge in [0.15, 0.2) is 0 Å². The Kier molecular flexibility index (Phi) is 5.03. The molecule has 0 heterocycles. The van der Waals surface area contributed by atoms with Crippen LogP contribution in [0.3, 0.4) is 0 Å². The van der Waals surface area contributed by atoms with Crippen molar-refractivity contribution < 1.29 is 5.11 Å². The highest BCUT2D eigenvalue weighted by molar-refractivity contribution is 8.08. The molecule has 0 fully saturated rings. The van der Waals surface area contributed by atoms with Crippen molar-refractivity contribution in [1.82, 2.24) is 0 Å². The van der Waals surface area contributed by atoms with Crippen LogP contribution < -0.4 is 10.6 Å². The minimum absolute atomic E-state index is 0.741. The molecule has 2 rings (SSSR count). The van der Waals surface area contributed by atoms with Gasteiger partial charge in [0.1, 0.15) is 0 Å². The molecule has 0 aliphatic rings. The summed E-state index contributed by atoms with van der Waals surface area (Å²) in [6, 6.07) is 20.5. The summed E-state index contributed by atoms with van der Waals surface area (Å²) in [6.45, 7) is 3.54. The van der Waals surface area contributed by atoms with Crippen LogP contribution in [-0.2, 0) is 0 Å². The van der Waals surface area contributed by atoms with Gasteiger partial charge in [-0.1, -0.05) is 42.5 Å². The topological polar surface area (TPSA) is 20.2 Å². The van der Waals surface area contributed by atoms with E-state index < -0.39 is 12.7 Å². The fourth-order valence-corrected chi connectivity index (χ4v) is 4.82. The summed E-state index contributed by atoms with van der Waals surface area (Å²) in [5, 5.41) is 12.2. The van der Waals surface area contributed by atoms with Crippen molar-refractivity contribution in [2.24, 2.45) is 0 Å². The molecule has 0 unspecified atom stereocenters. The van der Waals surface area contributed by atoms with Gasteiger partial charge >= 0.3 is 7.57 Å². The number of rotatable bonds is 5. The van der Waals surface area contributed by atoms with E-state index in [2.05, 4.69) is 24.3 Å². The lowest BCUT2D eigenvalue weighted by Crippen LogP contribution is -2.24. The highest BCUT2D eigenvalue weighted by Crippen LogP contribution is 2.51. The molecule has 0 saturated carbocycles. The largest absolute Gasteiger partial charge is 0.386 e. The summed E-state index contributed by atoms with van der Waals surface area (Å²) in [5.74, 6) is 0. The molecule has 106 valence electrons. The second-order valence-corrected chi connectivity index (χ2v) is 8.91. The Balaban J connectivity index is 2.38. The average Bonchev–Trinajstić information content (AvgIpc) is 2.47. The zero-order valence-corrected chi connectivity index (χ0v) is 13.5. The summed E-state index contributed by atoms with van der Waals surface area (Å²) >= 11 is 0. The van der Waals surface area contributed by atoms with Crippen molar-refractivity contribution in [2.45, 2.75) is 19.4 Å². The van der Waals surface area contributed by atoms with Gasteiger partial charge in [-0.05, 0) is 44.2 Å². The Bertz CT molecular complexity index is 548. The van der Waals surface area contributed by atoms with Crippen molar-refractivity contribution in [3.8, 4) is 0 Å². The second-order valence-electron chi connectivity index (χ2n) is 5.78. The summed E-state index contributed by atoms with van der Waals surface area (Å²) in [5.41, 5.74) is -0.807. The molecule has 2 aromatic rings. The lowest BCUT2D eigenvalue weighted by molar-refractivity contribution is 0.133. The lowest BCUT2D eigenvalue weighted by atomic mass is 10.1. The van der Waals surface area contributed by atoms with E-state index >= 15 is 0 Å². The van der Waals surface area contributed by atoms with Gasteiger partial charge in [-0.25, -0.2) is 0 Å². The number of allylic oxidation sites excluding steroid dienone is 1. The van der Waals surface area contributed by atoms with Crippen LogP contribution in [0.2, 0.25) is 0 Å².